The molecule has 1 atom stereocenters. The fraction of sp³-hybridized carbons (Fsp3) is 0.588. The standard InChI is InChI=1S/C17H27N3/c1-13(2)19-17(5,12-18)7-8-20(6)16-10-14(3)9-15(4)11-16/h9-11,13,19H,7-8H2,1-6H3. The van der Waals surface area contributed by atoms with Crippen LogP contribution in [-0.4, -0.2) is 25.2 Å². The van der Waals surface area contributed by atoms with E-state index in [9.17, 15) is 5.26 Å². The van der Waals surface area contributed by atoms with Gasteiger partial charge in [-0.05, 0) is 64.3 Å². The quantitative estimate of drug-likeness (QED) is 0.863. The zero-order valence-electron chi connectivity index (χ0n) is 13.6. The average molecular weight is 273 g/mol. The van der Waals surface area contributed by atoms with Gasteiger partial charge in [0.1, 0.15) is 5.54 Å². The lowest BCUT2D eigenvalue weighted by Crippen LogP contribution is -2.46. The molecule has 0 saturated carbocycles. The van der Waals surface area contributed by atoms with Gasteiger partial charge < -0.3 is 4.90 Å². The first-order valence-corrected chi connectivity index (χ1v) is 7.24. The average Bonchev–Trinajstić information content (AvgIpc) is 2.34. The van der Waals surface area contributed by atoms with Gasteiger partial charge in [0.05, 0.1) is 6.07 Å². The molecule has 110 valence electrons. The van der Waals surface area contributed by atoms with Crippen LogP contribution in [0.5, 0.6) is 0 Å². The van der Waals surface area contributed by atoms with E-state index >= 15 is 0 Å². The Labute approximate surface area is 123 Å². The van der Waals surface area contributed by atoms with E-state index in [-0.39, 0.29) is 0 Å². The second-order valence-corrected chi connectivity index (χ2v) is 6.26. The summed E-state index contributed by atoms with van der Waals surface area (Å²) in [6.45, 7) is 11.2. The second kappa shape index (κ2) is 6.76. The summed E-state index contributed by atoms with van der Waals surface area (Å²) in [5, 5.41) is 12.7. The zero-order chi connectivity index (χ0) is 15.3. The number of hydrogen-bond donors (Lipinski definition) is 1. The molecule has 0 aliphatic carbocycles. The third-order valence-corrected chi connectivity index (χ3v) is 3.45. The van der Waals surface area contributed by atoms with E-state index in [1.807, 2.05) is 6.92 Å². The number of nitrogens with one attached hydrogen (secondary N) is 1. The van der Waals surface area contributed by atoms with Gasteiger partial charge in [-0.3, -0.25) is 5.32 Å². The van der Waals surface area contributed by atoms with Crippen molar-refractivity contribution in [3.63, 3.8) is 0 Å². The van der Waals surface area contributed by atoms with Gasteiger partial charge in [-0.2, -0.15) is 5.26 Å². The molecule has 1 aromatic rings. The molecule has 1 rings (SSSR count). The second-order valence-electron chi connectivity index (χ2n) is 6.26. The fourth-order valence-corrected chi connectivity index (χ4v) is 2.49. The van der Waals surface area contributed by atoms with Crippen LogP contribution in [0.4, 0.5) is 5.69 Å². The molecule has 1 N–H and O–H groups in total. The van der Waals surface area contributed by atoms with Gasteiger partial charge in [0, 0.05) is 25.3 Å². The first-order chi connectivity index (χ1) is 9.25. The predicted octanol–water partition coefficient (Wildman–Crippen LogP) is 3.41. The zero-order valence-corrected chi connectivity index (χ0v) is 13.6. The summed E-state index contributed by atoms with van der Waals surface area (Å²) in [6, 6.07) is 9.26. The predicted molar refractivity (Wildman–Crippen MR) is 86.1 cm³/mol. The van der Waals surface area contributed by atoms with Crippen molar-refractivity contribution in [2.24, 2.45) is 0 Å². The molecule has 1 aromatic carbocycles. The Hall–Kier alpha value is -1.53. The minimum Gasteiger partial charge on any atom is -0.374 e. The van der Waals surface area contributed by atoms with Crippen LogP contribution in [0.1, 0.15) is 38.3 Å². The molecule has 0 saturated heterocycles. The van der Waals surface area contributed by atoms with Gasteiger partial charge in [-0.15, -0.1) is 0 Å². The third-order valence-electron chi connectivity index (χ3n) is 3.45. The Morgan fingerprint density at radius 1 is 1.25 bits per heavy atom. The molecule has 0 heterocycles. The van der Waals surface area contributed by atoms with E-state index in [0.717, 1.165) is 13.0 Å². The first kappa shape index (κ1) is 16.5. The van der Waals surface area contributed by atoms with Crippen LogP contribution in [0, 0.1) is 25.2 Å². The summed E-state index contributed by atoms with van der Waals surface area (Å²) < 4.78 is 0. The number of anilines is 1. The number of rotatable bonds is 6. The number of hydrogen-bond acceptors (Lipinski definition) is 3. The Morgan fingerprint density at radius 2 is 1.80 bits per heavy atom. The molecule has 0 fully saturated rings. The molecule has 0 aliphatic rings. The molecule has 0 aliphatic heterocycles. The minimum absolute atomic E-state index is 0.311. The monoisotopic (exact) mass is 273 g/mol. The topological polar surface area (TPSA) is 39.1 Å². The largest absolute Gasteiger partial charge is 0.374 e. The van der Waals surface area contributed by atoms with Crippen molar-refractivity contribution in [2.45, 2.75) is 52.6 Å². The van der Waals surface area contributed by atoms with Crippen molar-refractivity contribution in [2.75, 3.05) is 18.5 Å². The van der Waals surface area contributed by atoms with Crippen LogP contribution >= 0.6 is 0 Å². The Kier molecular flexibility index (Phi) is 5.59. The molecule has 0 bridgehead atoms. The highest BCUT2D eigenvalue weighted by Crippen LogP contribution is 2.19. The molecule has 3 nitrogen and oxygen atoms in total. The lowest BCUT2D eigenvalue weighted by molar-refractivity contribution is 0.384. The van der Waals surface area contributed by atoms with Crippen molar-refractivity contribution < 1.29 is 0 Å². The maximum Gasteiger partial charge on any atom is 0.105 e. The number of benzene rings is 1. The van der Waals surface area contributed by atoms with Crippen molar-refractivity contribution in [3.8, 4) is 6.07 Å². The van der Waals surface area contributed by atoms with Crippen LogP contribution in [0.25, 0.3) is 0 Å². The molecular formula is C17H27N3. The van der Waals surface area contributed by atoms with Crippen molar-refractivity contribution >= 4 is 5.69 Å². The maximum absolute atomic E-state index is 9.37. The Morgan fingerprint density at radius 3 is 2.25 bits per heavy atom. The summed E-state index contributed by atoms with van der Waals surface area (Å²) in [7, 11) is 2.08. The first-order valence-electron chi connectivity index (χ1n) is 7.24. The summed E-state index contributed by atoms with van der Waals surface area (Å²) in [4.78, 5) is 2.22. The molecule has 3 heteroatoms. The molecule has 0 spiro atoms. The van der Waals surface area contributed by atoms with E-state index in [4.69, 9.17) is 0 Å². The highest BCUT2D eigenvalue weighted by atomic mass is 15.1. The number of nitriles is 1. The van der Waals surface area contributed by atoms with Crippen LogP contribution < -0.4 is 10.2 Å². The highest BCUT2D eigenvalue weighted by Gasteiger charge is 2.24. The van der Waals surface area contributed by atoms with Gasteiger partial charge >= 0.3 is 0 Å². The molecule has 1 unspecified atom stereocenters. The molecular weight excluding hydrogens is 246 g/mol. The minimum atomic E-state index is -0.471. The summed E-state index contributed by atoms with van der Waals surface area (Å²) >= 11 is 0. The fourth-order valence-electron chi connectivity index (χ4n) is 2.49. The van der Waals surface area contributed by atoms with Crippen molar-refractivity contribution in [1.29, 1.82) is 5.26 Å². The van der Waals surface area contributed by atoms with Crippen LogP contribution in [0.15, 0.2) is 18.2 Å². The summed E-state index contributed by atoms with van der Waals surface area (Å²) in [5.74, 6) is 0. The van der Waals surface area contributed by atoms with Gasteiger partial charge in [-0.25, -0.2) is 0 Å². The maximum atomic E-state index is 9.37. The van der Waals surface area contributed by atoms with Gasteiger partial charge in [0.15, 0.2) is 0 Å². The summed E-state index contributed by atoms with van der Waals surface area (Å²) in [5.41, 5.74) is 3.29. The van der Waals surface area contributed by atoms with Crippen LogP contribution in [0.3, 0.4) is 0 Å². The van der Waals surface area contributed by atoms with Crippen molar-refractivity contribution in [1.82, 2.24) is 5.32 Å². The SMILES string of the molecule is Cc1cc(C)cc(N(C)CCC(C)(C#N)NC(C)C)c1. The Bertz CT molecular complexity index is 467. The van der Waals surface area contributed by atoms with Gasteiger partial charge in [0.25, 0.3) is 0 Å². The lowest BCUT2D eigenvalue weighted by atomic mass is 9.98. The normalized spacial score (nSPS) is 13.9. The van der Waals surface area contributed by atoms with E-state index < -0.39 is 5.54 Å². The molecule has 0 radical (unpaired) electrons. The molecule has 0 amide bonds. The van der Waals surface area contributed by atoms with Crippen LogP contribution in [0.2, 0.25) is 0 Å². The van der Waals surface area contributed by atoms with Crippen LogP contribution in [-0.2, 0) is 0 Å². The molecule has 20 heavy (non-hydrogen) atoms. The lowest BCUT2D eigenvalue weighted by Gasteiger charge is -2.29. The smallest absolute Gasteiger partial charge is 0.105 e. The number of nitrogens with zero attached hydrogens (tertiary/aromatic N) is 2. The third kappa shape index (κ3) is 4.86. The van der Waals surface area contributed by atoms with Gasteiger partial charge in [-0.1, -0.05) is 6.07 Å². The highest BCUT2D eigenvalue weighted by molar-refractivity contribution is 5.50. The summed E-state index contributed by atoms with van der Waals surface area (Å²) in [6.07, 6.45) is 0.797. The molecule has 0 aromatic heterocycles. The van der Waals surface area contributed by atoms with Gasteiger partial charge in [0.2, 0.25) is 0 Å². The van der Waals surface area contributed by atoms with E-state index in [1.54, 1.807) is 0 Å². The Balaban J connectivity index is 2.71. The van der Waals surface area contributed by atoms with E-state index in [0.29, 0.717) is 6.04 Å². The number of aryl methyl sites for hydroxylation is 2. The van der Waals surface area contributed by atoms with E-state index in [1.165, 1.54) is 16.8 Å². The van der Waals surface area contributed by atoms with Crippen molar-refractivity contribution in [3.05, 3.63) is 29.3 Å². The van der Waals surface area contributed by atoms with E-state index in [2.05, 4.69) is 69.2 Å².